The van der Waals surface area contributed by atoms with Crippen molar-refractivity contribution in [1.82, 2.24) is 9.97 Å². The number of piperidine rings is 1. The molecule has 24 heavy (non-hydrogen) atoms. The van der Waals surface area contributed by atoms with Crippen LogP contribution < -0.4 is 20.1 Å². The van der Waals surface area contributed by atoms with Gasteiger partial charge in [-0.2, -0.15) is 4.98 Å². The molecule has 1 aliphatic heterocycles. The molecule has 1 aliphatic rings. The summed E-state index contributed by atoms with van der Waals surface area (Å²) in [5.74, 6) is 2.61. The molecule has 1 fully saturated rings. The highest BCUT2D eigenvalue weighted by Gasteiger charge is 2.25. The topological polar surface area (TPSA) is 73.5 Å². The molecule has 0 radical (unpaired) electrons. The van der Waals surface area contributed by atoms with E-state index < -0.39 is 0 Å². The van der Waals surface area contributed by atoms with Crippen molar-refractivity contribution in [3.8, 4) is 17.4 Å². The lowest BCUT2D eigenvalue weighted by atomic mass is 10.00. The average molecular weight is 328 g/mol. The predicted molar refractivity (Wildman–Crippen MR) is 94.8 cm³/mol. The van der Waals surface area contributed by atoms with E-state index in [9.17, 15) is 0 Å². The van der Waals surface area contributed by atoms with Crippen LogP contribution in [0, 0.1) is 0 Å². The molecule has 2 aromatic rings. The van der Waals surface area contributed by atoms with E-state index in [4.69, 9.17) is 15.2 Å². The Kier molecular flexibility index (Phi) is 5.03. The Morgan fingerprint density at radius 1 is 1.17 bits per heavy atom. The molecule has 1 saturated heterocycles. The molecule has 6 nitrogen and oxygen atoms in total. The quantitative estimate of drug-likeness (QED) is 0.903. The first-order valence-electron chi connectivity index (χ1n) is 8.42. The first-order chi connectivity index (χ1) is 11.7. The minimum atomic E-state index is 0.394. The average Bonchev–Trinajstić information content (AvgIpc) is 2.64. The SMILES string of the molecule is CCC1CCCCN1c1ncnc(Oc2ccc(OC)cc2)c1N. The lowest BCUT2D eigenvalue weighted by Gasteiger charge is -2.36. The van der Waals surface area contributed by atoms with Crippen LogP contribution in [0.25, 0.3) is 0 Å². The Morgan fingerprint density at radius 2 is 1.92 bits per heavy atom. The number of nitrogens with zero attached hydrogens (tertiary/aromatic N) is 3. The third kappa shape index (κ3) is 3.37. The summed E-state index contributed by atoms with van der Waals surface area (Å²) in [6, 6.07) is 7.81. The zero-order valence-electron chi connectivity index (χ0n) is 14.2. The fourth-order valence-electron chi connectivity index (χ4n) is 3.14. The summed E-state index contributed by atoms with van der Waals surface area (Å²) < 4.78 is 11.0. The fourth-order valence-corrected chi connectivity index (χ4v) is 3.14. The van der Waals surface area contributed by atoms with Gasteiger partial charge in [0.1, 0.15) is 23.5 Å². The van der Waals surface area contributed by atoms with E-state index in [1.807, 2.05) is 24.3 Å². The van der Waals surface area contributed by atoms with Crippen molar-refractivity contribution in [2.24, 2.45) is 0 Å². The summed E-state index contributed by atoms with van der Waals surface area (Å²) in [5.41, 5.74) is 6.81. The summed E-state index contributed by atoms with van der Waals surface area (Å²) >= 11 is 0. The minimum absolute atomic E-state index is 0.394. The van der Waals surface area contributed by atoms with Gasteiger partial charge in [-0.1, -0.05) is 6.92 Å². The lowest BCUT2D eigenvalue weighted by molar-refractivity contribution is 0.412. The molecule has 0 spiro atoms. The summed E-state index contributed by atoms with van der Waals surface area (Å²) in [6.45, 7) is 3.18. The van der Waals surface area contributed by atoms with Crippen LogP contribution in [0.2, 0.25) is 0 Å². The van der Waals surface area contributed by atoms with Crippen molar-refractivity contribution >= 4 is 11.5 Å². The van der Waals surface area contributed by atoms with Gasteiger partial charge in [-0.3, -0.25) is 0 Å². The molecule has 0 saturated carbocycles. The van der Waals surface area contributed by atoms with Crippen molar-refractivity contribution < 1.29 is 9.47 Å². The van der Waals surface area contributed by atoms with E-state index in [-0.39, 0.29) is 0 Å². The first-order valence-corrected chi connectivity index (χ1v) is 8.42. The van der Waals surface area contributed by atoms with Gasteiger partial charge in [-0.05, 0) is 49.9 Å². The molecule has 0 amide bonds. The van der Waals surface area contributed by atoms with E-state index in [0.29, 0.717) is 23.4 Å². The summed E-state index contributed by atoms with van der Waals surface area (Å²) in [4.78, 5) is 10.9. The third-order valence-electron chi connectivity index (χ3n) is 4.47. The van der Waals surface area contributed by atoms with Gasteiger partial charge in [0.05, 0.1) is 7.11 Å². The Bertz CT molecular complexity index is 675. The molecule has 3 rings (SSSR count). The van der Waals surface area contributed by atoms with Gasteiger partial charge in [-0.25, -0.2) is 4.98 Å². The molecule has 2 heterocycles. The molecule has 128 valence electrons. The van der Waals surface area contributed by atoms with E-state index in [2.05, 4.69) is 21.8 Å². The van der Waals surface area contributed by atoms with Crippen LogP contribution in [0.5, 0.6) is 17.4 Å². The molecule has 1 aromatic heterocycles. The summed E-state index contributed by atoms with van der Waals surface area (Å²) in [5, 5.41) is 0. The highest BCUT2D eigenvalue weighted by atomic mass is 16.5. The number of hydrogen-bond acceptors (Lipinski definition) is 6. The van der Waals surface area contributed by atoms with Gasteiger partial charge in [0.25, 0.3) is 0 Å². The minimum Gasteiger partial charge on any atom is -0.497 e. The first kappa shape index (κ1) is 16.4. The van der Waals surface area contributed by atoms with Gasteiger partial charge in [0.15, 0.2) is 5.82 Å². The number of anilines is 2. The number of benzene rings is 1. The summed E-state index contributed by atoms with van der Waals surface area (Å²) in [6.07, 6.45) is 6.20. The van der Waals surface area contributed by atoms with Crippen molar-refractivity contribution in [1.29, 1.82) is 0 Å². The van der Waals surface area contributed by atoms with Crippen LogP contribution in [0.3, 0.4) is 0 Å². The van der Waals surface area contributed by atoms with Crippen LogP contribution in [-0.4, -0.2) is 29.7 Å². The van der Waals surface area contributed by atoms with Crippen molar-refractivity contribution in [2.75, 3.05) is 24.3 Å². The smallest absolute Gasteiger partial charge is 0.248 e. The zero-order valence-corrected chi connectivity index (χ0v) is 14.2. The van der Waals surface area contributed by atoms with Gasteiger partial charge >= 0.3 is 0 Å². The maximum Gasteiger partial charge on any atom is 0.248 e. The van der Waals surface area contributed by atoms with Crippen molar-refractivity contribution in [3.63, 3.8) is 0 Å². The molecule has 0 bridgehead atoms. The molecule has 1 atom stereocenters. The van der Waals surface area contributed by atoms with Crippen LogP contribution in [-0.2, 0) is 0 Å². The predicted octanol–water partition coefficient (Wildman–Crippen LogP) is 3.63. The van der Waals surface area contributed by atoms with Gasteiger partial charge < -0.3 is 20.1 Å². The Balaban J connectivity index is 1.84. The largest absolute Gasteiger partial charge is 0.497 e. The summed E-state index contributed by atoms with van der Waals surface area (Å²) in [7, 11) is 1.63. The lowest BCUT2D eigenvalue weighted by Crippen LogP contribution is -2.40. The number of ether oxygens (including phenoxy) is 2. The van der Waals surface area contributed by atoms with Gasteiger partial charge in [0, 0.05) is 12.6 Å². The Hall–Kier alpha value is -2.50. The van der Waals surface area contributed by atoms with E-state index >= 15 is 0 Å². The van der Waals surface area contributed by atoms with Crippen LogP contribution >= 0.6 is 0 Å². The molecule has 2 N–H and O–H groups in total. The Morgan fingerprint density at radius 3 is 2.62 bits per heavy atom. The molecular weight excluding hydrogens is 304 g/mol. The second-order valence-corrected chi connectivity index (χ2v) is 5.94. The molecule has 1 unspecified atom stereocenters. The number of nitrogen functional groups attached to an aromatic ring is 1. The zero-order chi connectivity index (χ0) is 16.9. The third-order valence-corrected chi connectivity index (χ3v) is 4.47. The normalized spacial score (nSPS) is 17.6. The Labute approximate surface area is 142 Å². The number of methoxy groups -OCH3 is 1. The monoisotopic (exact) mass is 328 g/mol. The molecular formula is C18H24N4O2. The maximum atomic E-state index is 6.32. The number of hydrogen-bond donors (Lipinski definition) is 1. The molecule has 1 aromatic carbocycles. The van der Waals surface area contributed by atoms with Gasteiger partial charge in [-0.15, -0.1) is 0 Å². The molecule has 6 heteroatoms. The standard InChI is InChI=1S/C18H24N4O2/c1-3-13-6-4-5-11-22(13)17-16(19)18(21-12-20-17)24-15-9-7-14(23-2)8-10-15/h7-10,12-13H,3-6,11,19H2,1-2H3. The highest BCUT2D eigenvalue weighted by Crippen LogP contribution is 2.35. The number of aromatic nitrogens is 2. The second kappa shape index (κ2) is 7.38. The van der Waals surface area contributed by atoms with Crippen molar-refractivity contribution in [3.05, 3.63) is 30.6 Å². The number of nitrogens with two attached hydrogens (primary N) is 1. The van der Waals surface area contributed by atoms with Crippen molar-refractivity contribution in [2.45, 2.75) is 38.6 Å². The maximum absolute atomic E-state index is 6.32. The second-order valence-electron chi connectivity index (χ2n) is 5.94. The highest BCUT2D eigenvalue weighted by molar-refractivity contribution is 5.68. The van der Waals surface area contributed by atoms with E-state index in [1.165, 1.54) is 19.2 Å². The van der Waals surface area contributed by atoms with Crippen LogP contribution in [0.1, 0.15) is 32.6 Å². The van der Waals surface area contributed by atoms with Crippen LogP contribution in [0.15, 0.2) is 30.6 Å². The number of rotatable bonds is 5. The van der Waals surface area contributed by atoms with Crippen LogP contribution in [0.4, 0.5) is 11.5 Å². The van der Waals surface area contributed by atoms with E-state index in [0.717, 1.165) is 31.0 Å². The molecule has 0 aliphatic carbocycles. The van der Waals surface area contributed by atoms with Gasteiger partial charge in [0.2, 0.25) is 5.88 Å². The van der Waals surface area contributed by atoms with E-state index in [1.54, 1.807) is 7.11 Å². The fraction of sp³-hybridized carbons (Fsp3) is 0.444.